The summed E-state index contributed by atoms with van der Waals surface area (Å²) < 4.78 is 0. The first-order chi connectivity index (χ1) is 10.5. The van der Waals surface area contributed by atoms with Crippen molar-refractivity contribution in [2.24, 2.45) is 0 Å². The molecule has 1 unspecified atom stereocenters. The maximum atomic E-state index is 11.6. The first-order valence-corrected chi connectivity index (χ1v) is 8.02. The van der Waals surface area contributed by atoms with Crippen LogP contribution in [0, 0.1) is 6.92 Å². The van der Waals surface area contributed by atoms with Gasteiger partial charge in [0.25, 0.3) is 0 Å². The van der Waals surface area contributed by atoms with Crippen molar-refractivity contribution in [1.29, 1.82) is 0 Å². The second-order valence-electron chi connectivity index (χ2n) is 6.60. The maximum absolute atomic E-state index is 11.6. The number of β-amino-alcohol motifs (C(OH)–C–C–N with tert-alkyl or cyclic N) is 1. The fourth-order valence-corrected chi connectivity index (χ4v) is 3.10. The molecule has 1 aromatic rings. The molecule has 0 aromatic carbocycles. The van der Waals surface area contributed by atoms with Crippen molar-refractivity contribution in [3.63, 3.8) is 0 Å². The third-order valence-electron chi connectivity index (χ3n) is 4.45. The van der Waals surface area contributed by atoms with E-state index in [0.29, 0.717) is 18.9 Å². The van der Waals surface area contributed by atoms with Crippen molar-refractivity contribution in [2.75, 3.05) is 25.0 Å². The van der Waals surface area contributed by atoms with Gasteiger partial charge in [0.1, 0.15) is 11.6 Å². The number of piperidine rings is 1. The van der Waals surface area contributed by atoms with Crippen LogP contribution in [0.2, 0.25) is 0 Å². The molecule has 1 saturated heterocycles. The minimum Gasteiger partial charge on any atom is -0.388 e. The summed E-state index contributed by atoms with van der Waals surface area (Å²) in [6.07, 6.45) is 3.98. The molecule has 6 nitrogen and oxygen atoms in total. The molecule has 1 aromatic heterocycles. The number of hydrogen-bond acceptors (Lipinski definition) is 5. The van der Waals surface area contributed by atoms with E-state index >= 15 is 0 Å². The van der Waals surface area contributed by atoms with E-state index < -0.39 is 5.60 Å². The number of carbonyl (C=O) groups is 1. The zero-order chi connectivity index (χ0) is 15.7. The van der Waals surface area contributed by atoms with E-state index in [4.69, 9.17) is 0 Å². The highest BCUT2D eigenvalue weighted by Gasteiger charge is 2.36. The fraction of sp³-hybridized carbons (Fsp3) is 0.688. The van der Waals surface area contributed by atoms with Crippen molar-refractivity contribution in [1.82, 2.24) is 15.3 Å². The molecule has 1 aliphatic carbocycles. The molecule has 2 heterocycles. The number of hydrogen-bond donors (Lipinski definition) is 2. The second kappa shape index (κ2) is 5.83. The lowest BCUT2D eigenvalue weighted by Crippen LogP contribution is -2.50. The molecule has 2 N–H and O–H groups in total. The average Bonchev–Trinajstić information content (AvgIpc) is 3.30. The highest BCUT2D eigenvalue weighted by atomic mass is 16.3. The summed E-state index contributed by atoms with van der Waals surface area (Å²) in [6.45, 7) is 3.29. The Kier molecular flexibility index (Phi) is 4.04. The Labute approximate surface area is 131 Å². The van der Waals surface area contributed by atoms with Crippen molar-refractivity contribution in [3.8, 4) is 0 Å². The van der Waals surface area contributed by atoms with Crippen LogP contribution in [0.15, 0.2) is 6.07 Å². The predicted molar refractivity (Wildman–Crippen MR) is 83.8 cm³/mol. The Morgan fingerprint density at radius 1 is 1.50 bits per heavy atom. The summed E-state index contributed by atoms with van der Waals surface area (Å²) in [6, 6.07) is 1.97. The smallest absolute Gasteiger partial charge is 0.222 e. The van der Waals surface area contributed by atoms with Crippen molar-refractivity contribution < 1.29 is 9.90 Å². The van der Waals surface area contributed by atoms with Gasteiger partial charge in [0.2, 0.25) is 5.91 Å². The number of carbonyl (C=O) groups excluding carboxylic acids is 1. The van der Waals surface area contributed by atoms with Crippen LogP contribution in [0.1, 0.15) is 49.5 Å². The summed E-state index contributed by atoms with van der Waals surface area (Å²) in [5.74, 6) is 2.19. The van der Waals surface area contributed by atoms with Crippen LogP contribution in [0.4, 0.5) is 5.82 Å². The monoisotopic (exact) mass is 304 g/mol. The molecule has 1 aliphatic heterocycles. The number of aliphatic hydroxyl groups is 1. The zero-order valence-electron chi connectivity index (χ0n) is 13.3. The van der Waals surface area contributed by atoms with Gasteiger partial charge >= 0.3 is 0 Å². The minimum absolute atomic E-state index is 0.123. The normalized spacial score (nSPS) is 25.1. The number of rotatable bonds is 4. The summed E-state index contributed by atoms with van der Waals surface area (Å²) >= 11 is 0. The molecule has 3 rings (SSSR count). The molecule has 1 atom stereocenters. The first kappa shape index (κ1) is 15.2. The van der Waals surface area contributed by atoms with E-state index in [0.717, 1.165) is 30.3 Å². The molecule has 1 amide bonds. The molecule has 120 valence electrons. The Morgan fingerprint density at radius 3 is 2.95 bits per heavy atom. The van der Waals surface area contributed by atoms with Gasteiger partial charge in [0.05, 0.1) is 12.0 Å². The number of aromatic nitrogens is 2. The number of amides is 1. The number of nitrogens with one attached hydrogen (secondary N) is 1. The molecular weight excluding hydrogens is 280 g/mol. The standard InChI is InChI=1S/C16H24N4O2/c1-11-8-13(19-15(18-11)12-4-5-12)20-7-3-6-16(22,10-20)9-14(21)17-2/h8,12,22H,3-7,9-10H2,1-2H3,(H,17,21). The Morgan fingerprint density at radius 2 is 2.27 bits per heavy atom. The van der Waals surface area contributed by atoms with Crippen molar-refractivity contribution >= 4 is 11.7 Å². The fourth-order valence-electron chi connectivity index (χ4n) is 3.10. The largest absolute Gasteiger partial charge is 0.388 e. The molecule has 0 spiro atoms. The Bertz CT molecular complexity index is 573. The quantitative estimate of drug-likeness (QED) is 0.872. The highest BCUT2D eigenvalue weighted by molar-refractivity contribution is 5.76. The summed E-state index contributed by atoms with van der Waals surface area (Å²) in [7, 11) is 1.60. The van der Waals surface area contributed by atoms with E-state index in [2.05, 4.69) is 20.2 Å². The van der Waals surface area contributed by atoms with Crippen molar-refractivity contribution in [3.05, 3.63) is 17.6 Å². The van der Waals surface area contributed by atoms with Crippen LogP contribution in [-0.2, 0) is 4.79 Å². The van der Waals surface area contributed by atoms with E-state index in [1.807, 2.05) is 13.0 Å². The lowest BCUT2D eigenvalue weighted by molar-refractivity contribution is -0.125. The second-order valence-corrected chi connectivity index (χ2v) is 6.60. The summed E-state index contributed by atoms with van der Waals surface area (Å²) in [5.41, 5.74) is -0.0101. The van der Waals surface area contributed by atoms with Crippen LogP contribution in [-0.4, -0.2) is 46.7 Å². The van der Waals surface area contributed by atoms with Crippen LogP contribution >= 0.6 is 0 Å². The van der Waals surface area contributed by atoms with Gasteiger partial charge in [-0.2, -0.15) is 0 Å². The number of nitrogens with zero attached hydrogens (tertiary/aromatic N) is 3. The predicted octanol–water partition coefficient (Wildman–Crippen LogP) is 1.13. The molecule has 2 aliphatic rings. The Hall–Kier alpha value is -1.69. The number of aryl methyl sites for hydroxylation is 1. The maximum Gasteiger partial charge on any atom is 0.222 e. The van der Waals surface area contributed by atoms with Crippen LogP contribution in [0.5, 0.6) is 0 Å². The third-order valence-corrected chi connectivity index (χ3v) is 4.45. The molecule has 6 heteroatoms. The van der Waals surface area contributed by atoms with Gasteiger partial charge in [0.15, 0.2) is 0 Å². The van der Waals surface area contributed by atoms with Crippen LogP contribution < -0.4 is 10.2 Å². The summed E-state index contributed by atoms with van der Waals surface area (Å²) in [5, 5.41) is 13.3. The van der Waals surface area contributed by atoms with E-state index in [9.17, 15) is 9.90 Å². The first-order valence-electron chi connectivity index (χ1n) is 8.02. The molecule has 2 fully saturated rings. The molecule has 1 saturated carbocycles. The van der Waals surface area contributed by atoms with Gasteiger partial charge in [-0.15, -0.1) is 0 Å². The van der Waals surface area contributed by atoms with Crippen molar-refractivity contribution in [2.45, 2.75) is 50.5 Å². The third kappa shape index (κ3) is 3.38. The Balaban J connectivity index is 1.78. The summed E-state index contributed by atoms with van der Waals surface area (Å²) in [4.78, 5) is 22.9. The molecule has 0 bridgehead atoms. The van der Waals surface area contributed by atoms with E-state index in [1.54, 1.807) is 7.05 Å². The van der Waals surface area contributed by atoms with Gasteiger partial charge in [-0.25, -0.2) is 9.97 Å². The van der Waals surface area contributed by atoms with Gasteiger partial charge in [-0.05, 0) is 32.6 Å². The molecule has 22 heavy (non-hydrogen) atoms. The molecular formula is C16H24N4O2. The lowest BCUT2D eigenvalue weighted by Gasteiger charge is -2.39. The van der Waals surface area contributed by atoms with E-state index in [-0.39, 0.29) is 12.3 Å². The highest BCUT2D eigenvalue weighted by Crippen LogP contribution is 2.39. The van der Waals surface area contributed by atoms with Crippen LogP contribution in [0.25, 0.3) is 0 Å². The molecule has 0 radical (unpaired) electrons. The topological polar surface area (TPSA) is 78.4 Å². The van der Waals surface area contributed by atoms with E-state index in [1.165, 1.54) is 12.8 Å². The lowest BCUT2D eigenvalue weighted by atomic mass is 9.89. The van der Waals surface area contributed by atoms with Crippen LogP contribution in [0.3, 0.4) is 0 Å². The minimum atomic E-state index is -0.975. The van der Waals surface area contributed by atoms with Gasteiger partial charge in [-0.3, -0.25) is 4.79 Å². The van der Waals surface area contributed by atoms with Gasteiger partial charge in [0, 0.05) is 37.8 Å². The number of anilines is 1. The zero-order valence-corrected chi connectivity index (χ0v) is 13.3. The average molecular weight is 304 g/mol. The van der Waals surface area contributed by atoms with Gasteiger partial charge in [-0.1, -0.05) is 0 Å². The SMILES string of the molecule is CNC(=O)CC1(O)CCCN(c2cc(C)nc(C3CC3)n2)C1. The van der Waals surface area contributed by atoms with Gasteiger partial charge < -0.3 is 15.3 Å².